The molecule has 0 atom stereocenters. The number of halogens is 3. The van der Waals surface area contributed by atoms with Crippen LogP contribution in [0.2, 0.25) is 0 Å². The lowest BCUT2D eigenvalue weighted by Crippen LogP contribution is -2.35. The van der Waals surface area contributed by atoms with E-state index in [1.807, 2.05) is 0 Å². The molecule has 0 aromatic heterocycles. The van der Waals surface area contributed by atoms with Gasteiger partial charge in [-0.3, -0.25) is 4.79 Å². The Hall–Kier alpha value is -1.70. The second-order valence-electron chi connectivity index (χ2n) is 3.43. The fourth-order valence-corrected chi connectivity index (χ4v) is 1.42. The maximum absolute atomic E-state index is 13.4. The highest BCUT2D eigenvalue weighted by molar-refractivity contribution is 9.10. The average molecular weight is 323 g/mol. The van der Waals surface area contributed by atoms with Crippen molar-refractivity contribution in [2.24, 2.45) is 0 Å². The number of rotatable bonds is 3. The molecule has 2 amide bonds. The molecule has 1 rings (SSSR count). The monoisotopic (exact) mass is 322 g/mol. The van der Waals surface area contributed by atoms with Crippen molar-refractivity contribution in [3.8, 4) is 0 Å². The number of nitrogens with zero attached hydrogens (tertiary/aromatic N) is 1. The van der Waals surface area contributed by atoms with Crippen molar-refractivity contribution in [1.29, 1.82) is 0 Å². The third kappa shape index (κ3) is 3.66. The average Bonchev–Trinajstić information content (AvgIpc) is 2.24. The van der Waals surface area contributed by atoms with Crippen molar-refractivity contribution in [1.82, 2.24) is 4.90 Å². The number of likely N-dealkylation sites (N-methyl/N-ethyl adjacent to an activating group) is 1. The number of urea groups is 1. The van der Waals surface area contributed by atoms with E-state index in [0.29, 0.717) is 0 Å². The number of amides is 2. The summed E-state index contributed by atoms with van der Waals surface area (Å²) in [6, 6.07) is 0.812. The zero-order valence-electron chi connectivity index (χ0n) is 9.21. The molecule has 98 valence electrons. The Labute approximate surface area is 110 Å². The third-order valence-corrected chi connectivity index (χ3v) is 2.58. The van der Waals surface area contributed by atoms with Crippen LogP contribution in [0.5, 0.6) is 0 Å². The molecular weight excluding hydrogens is 314 g/mol. The van der Waals surface area contributed by atoms with Gasteiger partial charge in [-0.15, -0.1) is 0 Å². The fourth-order valence-electron chi connectivity index (χ4n) is 1.10. The van der Waals surface area contributed by atoms with Crippen molar-refractivity contribution in [2.45, 2.75) is 0 Å². The smallest absolute Gasteiger partial charge is 0.323 e. The Bertz CT molecular complexity index is 496. The number of carbonyl (C=O) groups excluding carboxylic acids is 1. The maximum atomic E-state index is 13.4. The number of carboxylic acids is 1. The van der Waals surface area contributed by atoms with Gasteiger partial charge >= 0.3 is 12.0 Å². The number of anilines is 1. The highest BCUT2D eigenvalue weighted by atomic mass is 79.9. The van der Waals surface area contributed by atoms with Gasteiger partial charge < -0.3 is 15.3 Å². The minimum Gasteiger partial charge on any atom is -0.480 e. The van der Waals surface area contributed by atoms with Crippen LogP contribution in [0.4, 0.5) is 19.3 Å². The first-order valence-corrected chi connectivity index (χ1v) is 5.49. The normalized spacial score (nSPS) is 10.0. The first-order chi connectivity index (χ1) is 8.31. The largest absolute Gasteiger partial charge is 0.480 e. The van der Waals surface area contributed by atoms with Gasteiger partial charge in [0, 0.05) is 13.1 Å². The lowest BCUT2D eigenvalue weighted by molar-refractivity contribution is -0.137. The van der Waals surface area contributed by atoms with Crippen molar-refractivity contribution in [3.63, 3.8) is 0 Å². The lowest BCUT2D eigenvalue weighted by atomic mass is 10.3. The zero-order valence-corrected chi connectivity index (χ0v) is 10.8. The van der Waals surface area contributed by atoms with Crippen molar-refractivity contribution in [3.05, 3.63) is 28.2 Å². The van der Waals surface area contributed by atoms with E-state index in [-0.39, 0.29) is 10.2 Å². The van der Waals surface area contributed by atoms with Crippen LogP contribution in [0.15, 0.2) is 16.6 Å². The SMILES string of the molecule is CN(CC(=O)O)C(=O)Nc1cc(F)c(Br)cc1F. The molecule has 1 aromatic rings. The molecule has 0 saturated heterocycles. The van der Waals surface area contributed by atoms with Gasteiger partial charge in [-0.1, -0.05) is 0 Å². The molecule has 0 heterocycles. The number of aliphatic carboxylic acids is 1. The molecule has 0 saturated carbocycles. The van der Waals surface area contributed by atoms with Crippen LogP contribution in [0.3, 0.4) is 0 Å². The third-order valence-electron chi connectivity index (χ3n) is 1.97. The molecule has 0 bridgehead atoms. The second kappa shape index (κ2) is 5.76. The number of hydrogen-bond acceptors (Lipinski definition) is 2. The summed E-state index contributed by atoms with van der Waals surface area (Å²) in [6.45, 7) is -0.549. The van der Waals surface area contributed by atoms with E-state index < -0.39 is 30.2 Å². The van der Waals surface area contributed by atoms with Crippen LogP contribution < -0.4 is 5.32 Å². The summed E-state index contributed by atoms with van der Waals surface area (Å²) in [4.78, 5) is 22.6. The van der Waals surface area contributed by atoms with E-state index in [1.165, 1.54) is 7.05 Å². The van der Waals surface area contributed by atoms with Crippen LogP contribution >= 0.6 is 15.9 Å². The fraction of sp³-hybridized carbons (Fsp3) is 0.200. The van der Waals surface area contributed by atoms with E-state index in [4.69, 9.17) is 5.11 Å². The van der Waals surface area contributed by atoms with E-state index in [9.17, 15) is 18.4 Å². The molecule has 18 heavy (non-hydrogen) atoms. The standard InChI is InChI=1S/C10H9BrF2N2O3/c1-15(4-9(16)17)10(18)14-8-3-6(12)5(11)2-7(8)13/h2-3H,4H2,1H3,(H,14,18)(H,16,17). The minimum atomic E-state index is -1.21. The molecule has 0 aliphatic carbocycles. The predicted molar refractivity (Wildman–Crippen MR) is 63.3 cm³/mol. The molecule has 0 aliphatic rings. The van der Waals surface area contributed by atoms with Gasteiger partial charge in [-0.2, -0.15) is 0 Å². The lowest BCUT2D eigenvalue weighted by Gasteiger charge is -2.16. The molecule has 8 heteroatoms. The number of carbonyl (C=O) groups is 2. The number of carboxylic acid groups (broad SMARTS) is 1. The van der Waals surface area contributed by atoms with E-state index >= 15 is 0 Å². The van der Waals surface area contributed by atoms with Gasteiger partial charge in [0.25, 0.3) is 0 Å². The van der Waals surface area contributed by atoms with Crippen LogP contribution in [-0.4, -0.2) is 35.6 Å². The highest BCUT2D eigenvalue weighted by Crippen LogP contribution is 2.23. The topological polar surface area (TPSA) is 69.6 Å². The van der Waals surface area contributed by atoms with Crippen molar-refractivity contribution >= 4 is 33.6 Å². The summed E-state index contributed by atoms with van der Waals surface area (Å²) >= 11 is 2.79. The highest BCUT2D eigenvalue weighted by Gasteiger charge is 2.15. The Morgan fingerprint density at radius 3 is 2.56 bits per heavy atom. The minimum absolute atomic E-state index is 0.0723. The van der Waals surface area contributed by atoms with Crippen LogP contribution in [0.25, 0.3) is 0 Å². The molecule has 0 fully saturated rings. The van der Waals surface area contributed by atoms with Gasteiger partial charge in [0.2, 0.25) is 0 Å². The van der Waals surface area contributed by atoms with Gasteiger partial charge in [0.1, 0.15) is 18.2 Å². The molecule has 0 unspecified atom stereocenters. The van der Waals surface area contributed by atoms with Gasteiger partial charge in [-0.05, 0) is 22.0 Å². The van der Waals surface area contributed by atoms with Crippen LogP contribution in [-0.2, 0) is 4.79 Å². The number of nitrogens with one attached hydrogen (secondary N) is 1. The van der Waals surface area contributed by atoms with E-state index in [0.717, 1.165) is 17.0 Å². The number of benzene rings is 1. The quantitative estimate of drug-likeness (QED) is 0.839. The summed E-state index contributed by atoms with van der Waals surface area (Å²) in [5.41, 5.74) is -0.363. The van der Waals surface area contributed by atoms with E-state index in [1.54, 1.807) is 0 Å². The first kappa shape index (κ1) is 14.4. The molecule has 0 aliphatic heterocycles. The predicted octanol–water partition coefficient (Wildman–Crippen LogP) is 2.28. The van der Waals surface area contributed by atoms with Crippen molar-refractivity contribution < 1.29 is 23.5 Å². The van der Waals surface area contributed by atoms with Crippen LogP contribution in [0.1, 0.15) is 0 Å². The maximum Gasteiger partial charge on any atom is 0.323 e. The first-order valence-electron chi connectivity index (χ1n) is 4.69. The second-order valence-corrected chi connectivity index (χ2v) is 4.28. The molecule has 1 aromatic carbocycles. The summed E-state index contributed by atoms with van der Waals surface area (Å²) in [6.07, 6.45) is 0. The molecule has 2 N–H and O–H groups in total. The summed E-state index contributed by atoms with van der Waals surface area (Å²) in [5.74, 6) is -2.79. The van der Waals surface area contributed by atoms with Gasteiger partial charge in [-0.25, -0.2) is 13.6 Å². The Morgan fingerprint density at radius 1 is 1.39 bits per heavy atom. The molecule has 5 nitrogen and oxygen atoms in total. The summed E-state index contributed by atoms with van der Waals surface area (Å²) < 4.78 is 26.4. The van der Waals surface area contributed by atoms with Crippen molar-refractivity contribution in [2.75, 3.05) is 18.9 Å². The molecule has 0 radical (unpaired) electrons. The zero-order chi connectivity index (χ0) is 13.9. The van der Waals surface area contributed by atoms with Gasteiger partial charge in [0.05, 0.1) is 10.2 Å². The molecule has 0 spiro atoms. The number of hydrogen-bond donors (Lipinski definition) is 2. The Balaban J connectivity index is 2.82. The Morgan fingerprint density at radius 2 is 2.00 bits per heavy atom. The Kier molecular flexibility index (Phi) is 4.60. The molecular formula is C10H9BrF2N2O3. The summed E-state index contributed by atoms with van der Waals surface area (Å²) in [7, 11) is 1.22. The summed E-state index contributed by atoms with van der Waals surface area (Å²) in [5, 5.41) is 10.5. The van der Waals surface area contributed by atoms with E-state index in [2.05, 4.69) is 21.2 Å². The van der Waals surface area contributed by atoms with Crippen LogP contribution in [0, 0.1) is 11.6 Å². The van der Waals surface area contributed by atoms with Gasteiger partial charge in [0.15, 0.2) is 0 Å².